The number of hydrogen-bond donors (Lipinski definition) is 0. The van der Waals surface area contributed by atoms with E-state index in [2.05, 4.69) is 13.2 Å². The van der Waals surface area contributed by atoms with Crippen LogP contribution in [-0.4, -0.2) is 37.1 Å². The van der Waals surface area contributed by atoms with Crippen LogP contribution >= 0.6 is 0 Å². The number of carbonyl (C=O) groups excluding carboxylic acids is 4. The Kier molecular flexibility index (Phi) is 12.5. The molecule has 0 spiro atoms. The summed E-state index contributed by atoms with van der Waals surface area (Å²) < 4.78 is 22.7. The fourth-order valence-electron chi connectivity index (χ4n) is 6.25. The number of rotatable bonds is 15. The van der Waals surface area contributed by atoms with E-state index >= 15 is 0 Å². The van der Waals surface area contributed by atoms with Crippen LogP contribution in [-0.2, 0) is 31.9 Å². The molecule has 56 heavy (non-hydrogen) atoms. The third-order valence-electron chi connectivity index (χ3n) is 9.20. The van der Waals surface area contributed by atoms with Crippen molar-refractivity contribution in [3.63, 3.8) is 0 Å². The molecule has 0 amide bonds. The maximum atomic E-state index is 13.7. The zero-order valence-electron chi connectivity index (χ0n) is 31.5. The second kappa shape index (κ2) is 18.0. The van der Waals surface area contributed by atoms with Crippen molar-refractivity contribution in [2.75, 3.05) is 13.2 Å². The summed E-state index contributed by atoms with van der Waals surface area (Å²) in [6.07, 6.45) is 2.58. The fraction of sp³-hybridized carbons (Fsp3) is 0.167. The first kappa shape index (κ1) is 38.9. The molecule has 0 atom stereocenters. The summed E-state index contributed by atoms with van der Waals surface area (Å²) in [4.78, 5) is 50.8. The first-order chi connectivity index (χ1) is 27.1. The number of benzene rings is 6. The van der Waals surface area contributed by atoms with Gasteiger partial charge in [0.2, 0.25) is 0 Å². The van der Waals surface area contributed by atoms with Crippen LogP contribution in [0.3, 0.4) is 0 Å². The molecule has 282 valence electrons. The second-order valence-corrected chi connectivity index (χ2v) is 13.5. The van der Waals surface area contributed by atoms with E-state index < -0.39 is 23.9 Å². The highest BCUT2D eigenvalue weighted by atomic mass is 16.5. The highest BCUT2D eigenvalue weighted by molar-refractivity contribution is 6.11. The van der Waals surface area contributed by atoms with Gasteiger partial charge < -0.3 is 18.9 Å². The molecule has 0 fully saturated rings. The molecular weight excluding hydrogens is 705 g/mol. The number of esters is 4. The van der Waals surface area contributed by atoms with Crippen molar-refractivity contribution < 1.29 is 38.1 Å². The first-order valence-corrected chi connectivity index (χ1v) is 18.4. The minimum Gasteiger partial charge on any atom is -0.462 e. The molecular formula is C48H42O8. The predicted octanol–water partition coefficient (Wildman–Crippen LogP) is 10.2. The Morgan fingerprint density at radius 3 is 1.23 bits per heavy atom. The smallest absolute Gasteiger partial charge is 0.343 e. The van der Waals surface area contributed by atoms with E-state index in [-0.39, 0.29) is 13.2 Å². The Morgan fingerprint density at radius 1 is 0.482 bits per heavy atom. The maximum Gasteiger partial charge on any atom is 0.343 e. The van der Waals surface area contributed by atoms with Crippen molar-refractivity contribution in [3.05, 3.63) is 168 Å². The van der Waals surface area contributed by atoms with E-state index in [0.717, 1.165) is 32.7 Å². The van der Waals surface area contributed by atoms with Crippen molar-refractivity contribution in [1.82, 2.24) is 0 Å². The third kappa shape index (κ3) is 9.46. The van der Waals surface area contributed by atoms with Crippen molar-refractivity contribution in [2.24, 2.45) is 0 Å². The number of fused-ring (bicyclic) bond motifs is 2. The van der Waals surface area contributed by atoms with Gasteiger partial charge >= 0.3 is 23.9 Å². The maximum absolute atomic E-state index is 13.7. The molecule has 0 saturated carbocycles. The van der Waals surface area contributed by atoms with Crippen LogP contribution in [0.2, 0.25) is 0 Å². The van der Waals surface area contributed by atoms with Crippen LogP contribution < -0.4 is 9.47 Å². The Hall–Kier alpha value is -6.80. The average Bonchev–Trinajstić information content (AvgIpc) is 3.21. The molecule has 0 bridgehead atoms. The SMILES string of the molecule is C=C(C)C(=O)OCCCc1ccc(C(=O)Oc2ccc3ccccc3c2-c2c(OC(=O)c3ccc(CCCOC(=O)C(=C)C)cc3)ccc3ccccc23)cc1. The number of ether oxygens (including phenoxy) is 4. The van der Waals surface area contributed by atoms with Crippen molar-refractivity contribution >= 4 is 45.4 Å². The zero-order chi connectivity index (χ0) is 39.6. The Morgan fingerprint density at radius 2 is 0.857 bits per heavy atom. The molecule has 0 aliphatic rings. The molecule has 0 aromatic heterocycles. The summed E-state index contributed by atoms with van der Waals surface area (Å²) in [5.41, 5.74) is 4.63. The molecule has 6 rings (SSSR count). The molecule has 0 heterocycles. The Bertz CT molecular complexity index is 2270. The van der Waals surface area contributed by atoms with Crippen molar-refractivity contribution in [2.45, 2.75) is 39.5 Å². The summed E-state index contributed by atoms with van der Waals surface area (Å²) >= 11 is 0. The highest BCUT2D eigenvalue weighted by Gasteiger charge is 2.23. The van der Waals surface area contributed by atoms with Crippen LogP contribution in [0, 0.1) is 0 Å². The van der Waals surface area contributed by atoms with Gasteiger partial charge in [-0.2, -0.15) is 0 Å². The lowest BCUT2D eigenvalue weighted by Crippen LogP contribution is -2.11. The van der Waals surface area contributed by atoms with Gasteiger partial charge in [0.15, 0.2) is 0 Å². The monoisotopic (exact) mass is 746 g/mol. The van der Waals surface area contributed by atoms with Gasteiger partial charge in [-0.3, -0.25) is 0 Å². The van der Waals surface area contributed by atoms with Gasteiger partial charge in [-0.1, -0.05) is 98.1 Å². The van der Waals surface area contributed by atoms with Crippen LogP contribution in [0.5, 0.6) is 11.5 Å². The van der Waals surface area contributed by atoms with Gasteiger partial charge in [0.1, 0.15) is 11.5 Å². The Balaban J connectivity index is 1.26. The zero-order valence-corrected chi connectivity index (χ0v) is 31.5. The molecule has 0 aliphatic carbocycles. The van der Waals surface area contributed by atoms with E-state index in [0.29, 0.717) is 70.6 Å². The molecule has 0 aliphatic heterocycles. The largest absolute Gasteiger partial charge is 0.462 e. The Labute approximate surface area is 326 Å². The van der Waals surface area contributed by atoms with Gasteiger partial charge in [0.05, 0.1) is 24.3 Å². The van der Waals surface area contributed by atoms with Gasteiger partial charge in [-0.05, 0) is 109 Å². The summed E-state index contributed by atoms with van der Waals surface area (Å²) in [6, 6.07) is 37.2. The van der Waals surface area contributed by atoms with E-state index in [1.807, 2.05) is 84.9 Å². The molecule has 8 nitrogen and oxygen atoms in total. The number of carbonyl (C=O) groups is 4. The lowest BCUT2D eigenvalue weighted by atomic mass is 9.92. The molecule has 0 N–H and O–H groups in total. The lowest BCUT2D eigenvalue weighted by molar-refractivity contribution is -0.139. The number of aryl methyl sites for hydroxylation is 2. The average molecular weight is 747 g/mol. The van der Waals surface area contributed by atoms with Gasteiger partial charge in [0, 0.05) is 22.3 Å². The molecule has 0 radical (unpaired) electrons. The standard InChI is InChI=1S/C48H42O8/c1-31(2)45(49)53-29-9-11-33-17-21-37(22-18-33)47(51)55-41-27-25-35-13-5-7-15-39(35)43(41)44-40-16-8-6-14-36(40)26-28-42(44)56-48(52)38-23-19-34(20-24-38)12-10-30-54-46(50)32(3)4/h5-8,13-28H,1,3,9-12,29-30H2,2,4H3. The summed E-state index contributed by atoms with van der Waals surface area (Å²) in [7, 11) is 0. The van der Waals surface area contributed by atoms with Gasteiger partial charge in [0.25, 0.3) is 0 Å². The molecule has 6 aromatic carbocycles. The third-order valence-corrected chi connectivity index (χ3v) is 9.20. The van der Waals surface area contributed by atoms with Gasteiger partial charge in [-0.25, -0.2) is 19.2 Å². The summed E-state index contributed by atoms with van der Waals surface area (Å²) in [5.74, 6) is -1.30. The van der Waals surface area contributed by atoms with Crippen LogP contribution in [0.4, 0.5) is 0 Å². The summed E-state index contributed by atoms with van der Waals surface area (Å²) in [5, 5.41) is 3.45. The first-order valence-electron chi connectivity index (χ1n) is 18.4. The van der Waals surface area contributed by atoms with Gasteiger partial charge in [-0.15, -0.1) is 0 Å². The quantitative estimate of drug-likeness (QED) is 0.0443. The molecule has 8 heteroatoms. The highest BCUT2D eigenvalue weighted by Crippen LogP contribution is 2.46. The van der Waals surface area contributed by atoms with Crippen LogP contribution in [0.1, 0.15) is 58.5 Å². The lowest BCUT2D eigenvalue weighted by Gasteiger charge is -2.19. The normalized spacial score (nSPS) is 10.8. The molecule has 0 saturated heterocycles. The fourth-order valence-corrected chi connectivity index (χ4v) is 6.25. The molecule has 0 unspecified atom stereocenters. The van der Waals surface area contributed by atoms with E-state index in [1.165, 1.54) is 0 Å². The predicted molar refractivity (Wildman–Crippen MR) is 218 cm³/mol. The van der Waals surface area contributed by atoms with Crippen LogP contribution in [0.15, 0.2) is 146 Å². The van der Waals surface area contributed by atoms with Crippen molar-refractivity contribution in [3.8, 4) is 22.6 Å². The van der Waals surface area contributed by atoms with Crippen molar-refractivity contribution in [1.29, 1.82) is 0 Å². The topological polar surface area (TPSA) is 105 Å². The van der Waals surface area contributed by atoms with Crippen LogP contribution in [0.25, 0.3) is 32.7 Å². The van der Waals surface area contributed by atoms with E-state index in [9.17, 15) is 19.2 Å². The van der Waals surface area contributed by atoms with E-state index in [4.69, 9.17) is 18.9 Å². The minimum atomic E-state index is -0.545. The van der Waals surface area contributed by atoms with E-state index in [1.54, 1.807) is 50.2 Å². The molecule has 6 aromatic rings. The summed E-state index contributed by atoms with van der Waals surface area (Å²) in [6.45, 7) is 11.0. The second-order valence-electron chi connectivity index (χ2n) is 13.5. The number of hydrogen-bond acceptors (Lipinski definition) is 8. The minimum absolute atomic E-state index is 0.274.